The fraction of sp³-hybridized carbons (Fsp3) is 0.333. The van der Waals surface area contributed by atoms with Gasteiger partial charge in [0.2, 0.25) is 5.82 Å². The average molecular weight is 459 g/mol. The fourth-order valence-corrected chi connectivity index (χ4v) is 4.32. The molecule has 0 amide bonds. The van der Waals surface area contributed by atoms with Gasteiger partial charge >= 0.3 is 5.69 Å². The number of fused-ring (bicyclic) bond motifs is 1. The van der Waals surface area contributed by atoms with Crippen molar-refractivity contribution in [2.45, 2.75) is 44.2 Å². The molecule has 0 saturated heterocycles. The quantitative estimate of drug-likeness (QED) is 0.428. The molecule has 3 aromatic rings. The highest BCUT2D eigenvalue weighted by molar-refractivity contribution is 7.84. The number of aromatic nitrogens is 3. The molecule has 0 saturated carbocycles. The molecule has 11 heteroatoms. The van der Waals surface area contributed by atoms with Crippen LogP contribution in [0.5, 0.6) is 0 Å². The van der Waals surface area contributed by atoms with E-state index in [0.717, 1.165) is 11.1 Å². The minimum atomic E-state index is -1.42. The summed E-state index contributed by atoms with van der Waals surface area (Å²) in [5.74, 6) is 0.475. The van der Waals surface area contributed by atoms with Crippen LogP contribution in [0.15, 0.2) is 48.8 Å². The van der Waals surface area contributed by atoms with Crippen LogP contribution in [0, 0.1) is 10.1 Å². The normalized spacial score (nSPS) is 18.9. The first-order valence-electron chi connectivity index (χ1n) is 10.0. The number of nitrogens with zero attached hydrogens (tertiary/aromatic N) is 4. The third-order valence-corrected chi connectivity index (χ3v) is 6.68. The van der Waals surface area contributed by atoms with Crippen LogP contribution < -0.4 is 10.0 Å². The van der Waals surface area contributed by atoms with Crippen LogP contribution in [0.2, 0.25) is 0 Å². The molecule has 0 bridgehead atoms. The number of nitrogens with one attached hydrogen (secondary N) is 2. The molecule has 2 heterocycles. The van der Waals surface area contributed by atoms with Gasteiger partial charge in [0, 0.05) is 30.6 Å². The third kappa shape index (κ3) is 4.39. The molecular weight excluding hydrogens is 435 g/mol. The van der Waals surface area contributed by atoms with Crippen molar-refractivity contribution in [3.05, 3.63) is 70.0 Å². The number of hydrogen-bond donors (Lipinski definition) is 2. The molecule has 2 N–H and O–H groups in total. The van der Waals surface area contributed by atoms with Gasteiger partial charge < -0.3 is 5.32 Å². The minimum absolute atomic E-state index is 0.0567. The molecule has 4 rings (SSSR count). The Morgan fingerprint density at radius 1 is 1.28 bits per heavy atom. The molecular formula is C21H23FN6O3S. The summed E-state index contributed by atoms with van der Waals surface area (Å²) in [4.78, 5) is 15.3. The summed E-state index contributed by atoms with van der Waals surface area (Å²) in [5, 5.41) is 18.6. The lowest BCUT2D eigenvalue weighted by Gasteiger charge is -2.23. The Morgan fingerprint density at radius 2 is 2.06 bits per heavy atom. The zero-order chi connectivity index (χ0) is 23.0. The molecule has 2 aromatic heterocycles. The maximum absolute atomic E-state index is 14.7. The lowest BCUT2D eigenvalue weighted by molar-refractivity contribution is -0.384. The number of rotatable bonds is 6. The predicted octanol–water partition coefficient (Wildman–Crippen LogP) is 3.91. The number of nitro groups is 1. The van der Waals surface area contributed by atoms with Crippen LogP contribution in [-0.2, 0) is 17.4 Å². The van der Waals surface area contributed by atoms with Gasteiger partial charge in [-0.05, 0) is 56.2 Å². The molecule has 2 unspecified atom stereocenters. The van der Waals surface area contributed by atoms with Gasteiger partial charge in [0.1, 0.15) is 6.17 Å². The zero-order valence-corrected chi connectivity index (χ0v) is 18.6. The second-order valence-electron chi connectivity index (χ2n) is 8.48. The van der Waals surface area contributed by atoms with Gasteiger partial charge in [-0.1, -0.05) is 6.07 Å². The van der Waals surface area contributed by atoms with Crippen molar-refractivity contribution in [2.75, 3.05) is 5.32 Å². The van der Waals surface area contributed by atoms with Crippen molar-refractivity contribution in [1.82, 2.24) is 19.5 Å². The summed E-state index contributed by atoms with van der Waals surface area (Å²) in [6.07, 6.45) is 2.21. The van der Waals surface area contributed by atoms with E-state index in [1.165, 1.54) is 16.8 Å². The molecule has 32 heavy (non-hydrogen) atoms. The highest BCUT2D eigenvalue weighted by Gasteiger charge is 2.35. The Labute approximate surface area is 186 Å². The predicted molar refractivity (Wildman–Crippen MR) is 120 cm³/mol. The minimum Gasteiger partial charge on any atom is -0.334 e. The average Bonchev–Trinajstić information content (AvgIpc) is 3.35. The van der Waals surface area contributed by atoms with E-state index in [1.54, 1.807) is 36.7 Å². The highest BCUT2D eigenvalue weighted by Crippen LogP contribution is 2.37. The molecule has 0 spiro atoms. The van der Waals surface area contributed by atoms with Gasteiger partial charge in [-0.2, -0.15) is 5.10 Å². The van der Waals surface area contributed by atoms with E-state index in [1.807, 2.05) is 20.8 Å². The van der Waals surface area contributed by atoms with Crippen molar-refractivity contribution < 1.29 is 13.5 Å². The van der Waals surface area contributed by atoms with Gasteiger partial charge in [0.05, 0.1) is 26.7 Å². The molecule has 0 radical (unpaired) electrons. The Kier molecular flexibility index (Phi) is 5.78. The monoisotopic (exact) mass is 458 g/mol. The Balaban J connectivity index is 1.62. The summed E-state index contributed by atoms with van der Waals surface area (Å²) in [7, 11) is -1.42. The van der Waals surface area contributed by atoms with Crippen LogP contribution in [0.25, 0.3) is 5.82 Å². The fourth-order valence-electron chi connectivity index (χ4n) is 3.47. The number of pyridine rings is 1. The third-order valence-electron chi connectivity index (χ3n) is 5.10. The Hall–Kier alpha value is -3.18. The Morgan fingerprint density at radius 3 is 2.72 bits per heavy atom. The van der Waals surface area contributed by atoms with Gasteiger partial charge in [0.25, 0.3) is 0 Å². The maximum atomic E-state index is 14.7. The first kappa shape index (κ1) is 22.0. The summed E-state index contributed by atoms with van der Waals surface area (Å²) < 4.78 is 31.1. The number of anilines is 2. The smallest absolute Gasteiger partial charge is 0.311 e. The molecule has 1 aliphatic carbocycles. The van der Waals surface area contributed by atoms with Gasteiger partial charge in [0.15, 0.2) is 5.82 Å². The zero-order valence-electron chi connectivity index (χ0n) is 17.8. The van der Waals surface area contributed by atoms with E-state index in [4.69, 9.17) is 0 Å². The summed E-state index contributed by atoms with van der Waals surface area (Å²) in [5.41, 5.74) is 1.83. The van der Waals surface area contributed by atoms with E-state index in [0.29, 0.717) is 11.5 Å². The summed E-state index contributed by atoms with van der Waals surface area (Å²) in [6.45, 7) is 5.47. The van der Waals surface area contributed by atoms with E-state index < -0.39 is 32.9 Å². The molecule has 0 aliphatic heterocycles. The molecule has 3 atom stereocenters. The van der Waals surface area contributed by atoms with Crippen molar-refractivity contribution in [3.63, 3.8) is 0 Å². The van der Waals surface area contributed by atoms with Crippen LogP contribution in [0.4, 0.5) is 21.6 Å². The second-order valence-corrected chi connectivity index (χ2v) is 10.5. The number of hydrogen-bond acceptors (Lipinski definition) is 6. The van der Waals surface area contributed by atoms with Crippen LogP contribution >= 0.6 is 0 Å². The molecule has 9 nitrogen and oxygen atoms in total. The molecule has 1 aliphatic rings. The number of halogens is 1. The number of alkyl halides is 1. The first-order chi connectivity index (χ1) is 15.1. The van der Waals surface area contributed by atoms with Gasteiger partial charge in [-0.15, -0.1) is 0 Å². The summed E-state index contributed by atoms with van der Waals surface area (Å²) >= 11 is 0. The lowest BCUT2D eigenvalue weighted by atomic mass is 10.1. The molecule has 168 valence electrons. The molecule has 0 fully saturated rings. The lowest BCUT2D eigenvalue weighted by Crippen LogP contribution is -2.37. The standard InChI is InChI=1S/C21H23FN6O3S/c1-21(2,3)32(31)26-19-15-6-5-14(11-13(15)12-16(19)22)24-20-17(28(29)30)7-8-18(25-20)27-10-4-9-23-27/h4-11,16,19,26H,12H2,1-3H3,(H,24,25)/t16?,19-,32?/m1/s1. The van der Waals surface area contributed by atoms with E-state index in [2.05, 4.69) is 20.1 Å². The van der Waals surface area contributed by atoms with Crippen molar-refractivity contribution in [1.29, 1.82) is 0 Å². The van der Waals surface area contributed by atoms with Crippen LogP contribution in [0.3, 0.4) is 0 Å². The SMILES string of the molecule is CC(C)(C)S(=O)N[C@@H]1c2ccc(Nc3nc(-n4cccn4)ccc3[N+](=O)[O-])cc2CC1F. The first-order valence-corrected chi connectivity index (χ1v) is 11.2. The van der Waals surface area contributed by atoms with Crippen molar-refractivity contribution in [2.24, 2.45) is 0 Å². The van der Waals surface area contributed by atoms with Gasteiger partial charge in [-0.3, -0.25) is 10.1 Å². The summed E-state index contributed by atoms with van der Waals surface area (Å²) in [6, 6.07) is 9.12. The van der Waals surface area contributed by atoms with Crippen LogP contribution in [-0.4, -0.2) is 34.8 Å². The number of benzene rings is 1. The van der Waals surface area contributed by atoms with E-state index in [-0.39, 0.29) is 17.9 Å². The highest BCUT2D eigenvalue weighted by atomic mass is 32.2. The van der Waals surface area contributed by atoms with Crippen molar-refractivity contribution >= 4 is 28.2 Å². The van der Waals surface area contributed by atoms with E-state index in [9.17, 15) is 18.7 Å². The largest absolute Gasteiger partial charge is 0.334 e. The van der Waals surface area contributed by atoms with Gasteiger partial charge in [-0.25, -0.2) is 23.0 Å². The van der Waals surface area contributed by atoms with Crippen molar-refractivity contribution in [3.8, 4) is 5.82 Å². The topological polar surface area (TPSA) is 115 Å². The maximum Gasteiger partial charge on any atom is 0.311 e. The Bertz CT molecular complexity index is 1180. The van der Waals surface area contributed by atoms with E-state index >= 15 is 0 Å². The molecule has 1 aromatic carbocycles. The second kappa shape index (κ2) is 8.40. The van der Waals surface area contributed by atoms with Crippen LogP contribution in [0.1, 0.15) is 37.9 Å².